The molecule has 0 saturated heterocycles. The molecule has 8 nitrogen and oxygen atoms in total. The van der Waals surface area contributed by atoms with Crippen LogP contribution >= 0.6 is 11.8 Å². The van der Waals surface area contributed by atoms with Crippen molar-refractivity contribution in [3.05, 3.63) is 47.8 Å². The lowest BCUT2D eigenvalue weighted by Gasteiger charge is -2.34. The molecule has 1 fully saturated rings. The third-order valence-corrected chi connectivity index (χ3v) is 7.94. The molecule has 2 aromatic heterocycles. The zero-order valence-corrected chi connectivity index (χ0v) is 21.0. The number of nitrogens with one attached hydrogen (secondary N) is 1. The Kier molecular flexibility index (Phi) is 6.39. The highest BCUT2D eigenvalue weighted by molar-refractivity contribution is 8.15. The third-order valence-electron chi connectivity index (χ3n) is 6.64. The maximum atomic E-state index is 15.1. The molecule has 0 bridgehead atoms. The highest BCUT2D eigenvalue weighted by atomic mass is 32.2. The van der Waals surface area contributed by atoms with E-state index < -0.39 is 34.3 Å². The summed E-state index contributed by atoms with van der Waals surface area (Å²) >= 11 is 0.797. The Morgan fingerprint density at radius 1 is 1.27 bits per heavy atom. The van der Waals surface area contributed by atoms with Crippen molar-refractivity contribution in [2.45, 2.75) is 43.1 Å². The van der Waals surface area contributed by atoms with E-state index in [4.69, 9.17) is 15.2 Å². The molecule has 0 amide bonds. The Balaban J connectivity index is 1.49. The van der Waals surface area contributed by atoms with Crippen molar-refractivity contribution in [1.82, 2.24) is 15.0 Å². The molecule has 3 heterocycles. The van der Waals surface area contributed by atoms with Crippen LogP contribution in [0, 0.1) is 17.6 Å². The minimum atomic E-state index is -2.69. The molecule has 13 heteroatoms. The minimum absolute atomic E-state index is 0.0847. The molecule has 5 rings (SSSR count). The van der Waals surface area contributed by atoms with Gasteiger partial charge in [0.25, 0.3) is 6.43 Å². The summed E-state index contributed by atoms with van der Waals surface area (Å²) < 4.78 is 66.9. The lowest BCUT2D eigenvalue weighted by Crippen LogP contribution is -2.39. The van der Waals surface area contributed by atoms with Gasteiger partial charge < -0.3 is 20.5 Å². The quantitative estimate of drug-likeness (QED) is 0.397. The SMILES string of the molecule is COC[C@H](C)Oc1cnc2c(Nc3cc(F)c(F)c([C@]4(C)N=C(N)S[C@@]5(C(F)F)C[C@@H]45)c3)nccc2n1. The average molecular weight is 537 g/mol. The molecule has 196 valence electrons. The number of amidine groups is 1. The number of alkyl halides is 2. The van der Waals surface area contributed by atoms with Gasteiger partial charge in [-0.1, -0.05) is 11.8 Å². The number of fused-ring (bicyclic) bond motifs is 2. The topological polar surface area (TPSA) is 108 Å². The number of halogens is 4. The highest BCUT2D eigenvalue weighted by Crippen LogP contribution is 2.68. The summed E-state index contributed by atoms with van der Waals surface area (Å²) in [6.07, 6.45) is 0.0581. The fraction of sp³-hybridized carbons (Fsp3) is 0.417. The first-order chi connectivity index (χ1) is 17.6. The van der Waals surface area contributed by atoms with E-state index in [1.807, 2.05) is 6.92 Å². The Hall–Kier alpha value is -3.19. The van der Waals surface area contributed by atoms with Gasteiger partial charge in [0, 0.05) is 36.5 Å². The number of pyridine rings is 1. The van der Waals surface area contributed by atoms with Crippen LogP contribution in [0.25, 0.3) is 11.0 Å². The minimum Gasteiger partial charge on any atom is -0.471 e. The lowest BCUT2D eigenvalue weighted by molar-refractivity contribution is 0.0889. The van der Waals surface area contributed by atoms with Crippen LogP contribution < -0.4 is 15.8 Å². The van der Waals surface area contributed by atoms with Crippen LogP contribution in [-0.2, 0) is 10.3 Å². The van der Waals surface area contributed by atoms with Gasteiger partial charge >= 0.3 is 0 Å². The number of aliphatic imine (C=N–C) groups is 1. The third kappa shape index (κ3) is 4.43. The van der Waals surface area contributed by atoms with Gasteiger partial charge in [-0.3, -0.25) is 4.99 Å². The van der Waals surface area contributed by atoms with E-state index in [1.165, 1.54) is 25.4 Å². The number of benzene rings is 1. The lowest BCUT2D eigenvalue weighted by atomic mass is 9.85. The first-order valence-corrected chi connectivity index (χ1v) is 12.3. The second-order valence-corrected chi connectivity index (χ2v) is 10.7. The number of aromatic nitrogens is 3. The van der Waals surface area contributed by atoms with Crippen LogP contribution in [0.4, 0.5) is 29.1 Å². The number of thioether (sulfide) groups is 1. The molecular formula is C24H24F4N6O2S. The number of nitrogens with zero attached hydrogens (tertiary/aromatic N) is 4. The molecule has 37 heavy (non-hydrogen) atoms. The van der Waals surface area contributed by atoms with E-state index >= 15 is 4.39 Å². The fourth-order valence-electron chi connectivity index (χ4n) is 4.82. The van der Waals surface area contributed by atoms with Gasteiger partial charge in [0.15, 0.2) is 22.6 Å². The molecule has 0 radical (unpaired) electrons. The van der Waals surface area contributed by atoms with E-state index in [0.29, 0.717) is 17.6 Å². The molecule has 1 aliphatic carbocycles. The Morgan fingerprint density at radius 2 is 2.05 bits per heavy atom. The van der Waals surface area contributed by atoms with Crippen LogP contribution in [0.2, 0.25) is 0 Å². The summed E-state index contributed by atoms with van der Waals surface area (Å²) in [5.41, 5.74) is 5.19. The average Bonchev–Trinajstić information content (AvgIpc) is 3.58. The standard InChI is InChI=1S/C24H24F4N6O2S/c1-11(10-35-3)36-17-9-31-19-15(33-17)4-5-30-20(19)32-12-6-13(18(26)14(25)7-12)23(2)16-8-24(16,21(27)28)37-22(29)34-23/h4-7,9,11,16,21H,8,10H2,1-3H3,(H2,29,34)(H,30,32)/t11-,16-,23-,24-/m0/s1. The zero-order chi connectivity index (χ0) is 26.5. The van der Waals surface area contributed by atoms with Gasteiger partial charge in [-0.05, 0) is 32.4 Å². The summed E-state index contributed by atoms with van der Waals surface area (Å²) in [4.78, 5) is 17.4. The second-order valence-electron chi connectivity index (χ2n) is 9.28. The molecule has 0 unspecified atom stereocenters. The molecule has 1 saturated carbocycles. The summed E-state index contributed by atoms with van der Waals surface area (Å²) in [5, 5.41) is 2.87. The smallest absolute Gasteiger partial charge is 0.253 e. The van der Waals surface area contributed by atoms with Crippen molar-refractivity contribution in [2.75, 3.05) is 19.0 Å². The van der Waals surface area contributed by atoms with E-state index in [-0.39, 0.29) is 40.6 Å². The van der Waals surface area contributed by atoms with E-state index in [1.54, 1.807) is 13.2 Å². The van der Waals surface area contributed by atoms with Crippen LogP contribution in [0.3, 0.4) is 0 Å². The van der Waals surface area contributed by atoms with Crippen molar-refractivity contribution in [1.29, 1.82) is 0 Å². The van der Waals surface area contributed by atoms with Gasteiger partial charge in [-0.2, -0.15) is 0 Å². The van der Waals surface area contributed by atoms with Gasteiger partial charge in [-0.15, -0.1) is 0 Å². The Bertz CT molecular complexity index is 1390. The van der Waals surface area contributed by atoms with Gasteiger partial charge in [0.05, 0.1) is 28.6 Å². The first kappa shape index (κ1) is 25.5. The number of ether oxygens (including phenoxy) is 2. The number of anilines is 2. The number of rotatable bonds is 8. The van der Waals surface area contributed by atoms with E-state index in [9.17, 15) is 13.2 Å². The van der Waals surface area contributed by atoms with E-state index in [2.05, 4.69) is 25.3 Å². The number of hydrogen-bond acceptors (Lipinski definition) is 9. The predicted octanol–water partition coefficient (Wildman–Crippen LogP) is 4.76. The van der Waals surface area contributed by atoms with Gasteiger partial charge in [0.2, 0.25) is 5.88 Å². The van der Waals surface area contributed by atoms with Gasteiger partial charge in [-0.25, -0.2) is 32.5 Å². The maximum absolute atomic E-state index is 15.1. The van der Waals surface area contributed by atoms with Gasteiger partial charge in [0.1, 0.15) is 11.6 Å². The first-order valence-electron chi connectivity index (χ1n) is 11.4. The number of hydrogen-bond donors (Lipinski definition) is 2. The molecule has 0 spiro atoms. The van der Waals surface area contributed by atoms with Crippen LogP contribution in [0.5, 0.6) is 5.88 Å². The van der Waals surface area contributed by atoms with Crippen molar-refractivity contribution in [3.8, 4) is 5.88 Å². The summed E-state index contributed by atoms with van der Waals surface area (Å²) in [7, 11) is 1.56. The summed E-state index contributed by atoms with van der Waals surface area (Å²) in [6, 6.07) is 3.93. The monoisotopic (exact) mass is 536 g/mol. The maximum Gasteiger partial charge on any atom is 0.253 e. The molecular weight excluding hydrogens is 512 g/mol. The number of nitrogens with two attached hydrogens (primary N) is 1. The molecule has 4 atom stereocenters. The van der Waals surface area contributed by atoms with Crippen LogP contribution in [0.15, 0.2) is 35.6 Å². The molecule has 2 aliphatic rings. The van der Waals surface area contributed by atoms with Crippen molar-refractivity contribution < 1.29 is 27.0 Å². The van der Waals surface area contributed by atoms with Crippen molar-refractivity contribution >= 4 is 39.5 Å². The summed E-state index contributed by atoms with van der Waals surface area (Å²) in [5.74, 6) is -2.51. The van der Waals surface area contributed by atoms with Crippen molar-refractivity contribution in [2.24, 2.45) is 16.6 Å². The highest BCUT2D eigenvalue weighted by Gasteiger charge is 2.71. The second kappa shape index (κ2) is 9.28. The molecule has 3 N–H and O–H groups in total. The summed E-state index contributed by atoms with van der Waals surface area (Å²) in [6.45, 7) is 3.70. The van der Waals surface area contributed by atoms with Crippen LogP contribution in [-0.4, -0.2) is 51.1 Å². The predicted molar refractivity (Wildman–Crippen MR) is 132 cm³/mol. The zero-order valence-electron chi connectivity index (χ0n) is 20.1. The molecule has 3 aromatic rings. The Labute approximate surface area is 214 Å². The normalized spacial score (nSPS) is 25.5. The largest absolute Gasteiger partial charge is 0.471 e. The number of methoxy groups -OCH3 is 1. The molecule has 1 aromatic carbocycles. The fourth-order valence-corrected chi connectivity index (χ4v) is 6.16. The molecule has 1 aliphatic heterocycles. The Morgan fingerprint density at radius 3 is 2.78 bits per heavy atom. The van der Waals surface area contributed by atoms with Crippen molar-refractivity contribution in [3.63, 3.8) is 0 Å². The van der Waals surface area contributed by atoms with Crippen LogP contribution in [0.1, 0.15) is 25.8 Å². The van der Waals surface area contributed by atoms with E-state index in [0.717, 1.165) is 17.8 Å².